The zero-order valence-electron chi connectivity index (χ0n) is 7.02. The van der Waals surface area contributed by atoms with Gasteiger partial charge in [-0.05, 0) is 18.3 Å². The fourth-order valence-corrected chi connectivity index (χ4v) is 4.48. The Morgan fingerprint density at radius 1 is 1.54 bits per heavy atom. The first-order valence-electron chi connectivity index (χ1n) is 4.69. The van der Waals surface area contributed by atoms with E-state index in [9.17, 15) is 9.90 Å². The van der Waals surface area contributed by atoms with Gasteiger partial charge in [-0.15, -0.1) is 0 Å². The smallest absolute Gasteiger partial charge is 0.310 e. The van der Waals surface area contributed by atoms with Crippen LogP contribution in [0.4, 0.5) is 0 Å². The lowest BCUT2D eigenvalue weighted by Gasteiger charge is -2.26. The van der Waals surface area contributed by atoms with Gasteiger partial charge >= 0.3 is 5.97 Å². The third kappa shape index (κ3) is 0.814. The zero-order chi connectivity index (χ0) is 9.16. The minimum atomic E-state index is -0.0847. The molecular formula is C9H11BrO3. The molecule has 1 aliphatic heterocycles. The molecule has 1 N–H and O–H groups in total. The van der Waals surface area contributed by atoms with Crippen molar-refractivity contribution in [2.75, 3.05) is 6.61 Å². The van der Waals surface area contributed by atoms with Crippen LogP contribution in [-0.2, 0) is 9.53 Å². The Hall–Kier alpha value is -0.0900. The number of hydrogen-bond acceptors (Lipinski definition) is 3. The number of ether oxygens (including phenoxy) is 1. The molecule has 0 radical (unpaired) electrons. The van der Waals surface area contributed by atoms with Crippen molar-refractivity contribution in [2.45, 2.75) is 17.4 Å². The number of esters is 1. The normalized spacial score (nSPS) is 57.2. The molecule has 2 saturated carbocycles. The summed E-state index contributed by atoms with van der Waals surface area (Å²) in [7, 11) is 0. The summed E-state index contributed by atoms with van der Waals surface area (Å²) in [4.78, 5) is 11.7. The van der Waals surface area contributed by atoms with E-state index in [1.165, 1.54) is 0 Å². The van der Waals surface area contributed by atoms with Crippen molar-refractivity contribution in [2.24, 2.45) is 23.7 Å². The molecule has 0 aromatic carbocycles. The highest BCUT2D eigenvalue weighted by atomic mass is 79.9. The second-order valence-electron chi connectivity index (χ2n) is 4.28. The van der Waals surface area contributed by atoms with Gasteiger partial charge < -0.3 is 9.84 Å². The summed E-state index contributed by atoms with van der Waals surface area (Å²) >= 11 is 3.57. The van der Waals surface area contributed by atoms with Crippen molar-refractivity contribution in [3.63, 3.8) is 0 Å². The van der Waals surface area contributed by atoms with Crippen LogP contribution in [0.3, 0.4) is 0 Å². The van der Waals surface area contributed by atoms with Gasteiger partial charge in [-0.1, -0.05) is 15.9 Å². The molecule has 0 aromatic rings. The Kier molecular flexibility index (Phi) is 1.57. The van der Waals surface area contributed by atoms with Crippen molar-refractivity contribution in [1.29, 1.82) is 0 Å². The molecule has 13 heavy (non-hydrogen) atoms. The number of fused-ring (bicyclic) bond motifs is 1. The van der Waals surface area contributed by atoms with Gasteiger partial charge in [0, 0.05) is 12.5 Å². The fourth-order valence-electron chi connectivity index (χ4n) is 3.37. The molecule has 72 valence electrons. The summed E-state index contributed by atoms with van der Waals surface area (Å²) in [6, 6.07) is 0. The van der Waals surface area contributed by atoms with Gasteiger partial charge in [0.25, 0.3) is 0 Å². The van der Waals surface area contributed by atoms with Crippen LogP contribution >= 0.6 is 15.9 Å². The summed E-state index contributed by atoms with van der Waals surface area (Å²) in [5.74, 6) is 0.864. The maximum absolute atomic E-state index is 11.5. The summed E-state index contributed by atoms with van der Waals surface area (Å²) in [5.41, 5.74) is 0. The average Bonchev–Trinajstić information content (AvgIpc) is 2.68. The van der Waals surface area contributed by atoms with Crippen LogP contribution in [0.2, 0.25) is 0 Å². The Labute approximate surface area is 84.6 Å². The summed E-state index contributed by atoms with van der Waals surface area (Å²) in [6.07, 6.45) is 1.13. The average molecular weight is 247 g/mol. The lowest BCUT2D eigenvalue weighted by Crippen LogP contribution is -2.35. The van der Waals surface area contributed by atoms with E-state index in [0.29, 0.717) is 11.8 Å². The summed E-state index contributed by atoms with van der Waals surface area (Å²) in [5, 5.41) is 9.22. The largest absolute Gasteiger partial charge is 0.461 e. The van der Waals surface area contributed by atoms with E-state index in [2.05, 4.69) is 15.9 Å². The molecule has 3 aliphatic rings. The SMILES string of the molecule is O=C1O[C@@H]2[C@H](Br)[C@H]3C[C@@H]2[C@H]1[C@H]3CO. The standard InChI is InChI=1S/C9H11BrO3/c10-7-3-1-4-6(5(3)2-11)9(12)13-8(4)7/h3-8,11H,1-2H2/t3-,4+,5-,6-,7+,8-/m0/s1. The van der Waals surface area contributed by atoms with Crippen LogP contribution in [0.1, 0.15) is 6.42 Å². The molecule has 1 heterocycles. The van der Waals surface area contributed by atoms with Gasteiger partial charge in [-0.2, -0.15) is 0 Å². The van der Waals surface area contributed by atoms with Gasteiger partial charge in [0.1, 0.15) is 6.10 Å². The van der Waals surface area contributed by atoms with E-state index in [1.807, 2.05) is 0 Å². The van der Waals surface area contributed by atoms with Crippen LogP contribution < -0.4 is 0 Å². The molecule has 0 amide bonds. The second kappa shape index (κ2) is 2.48. The van der Waals surface area contributed by atoms with Crippen LogP contribution in [-0.4, -0.2) is 28.6 Å². The Morgan fingerprint density at radius 3 is 3.00 bits per heavy atom. The molecule has 1 saturated heterocycles. The molecule has 0 aromatic heterocycles. The molecule has 2 aliphatic carbocycles. The van der Waals surface area contributed by atoms with Crippen molar-refractivity contribution in [1.82, 2.24) is 0 Å². The highest BCUT2D eigenvalue weighted by molar-refractivity contribution is 9.09. The number of aliphatic hydroxyl groups is 1. The fraction of sp³-hybridized carbons (Fsp3) is 0.889. The monoisotopic (exact) mass is 246 g/mol. The molecule has 0 spiro atoms. The van der Waals surface area contributed by atoms with E-state index >= 15 is 0 Å². The molecule has 6 atom stereocenters. The van der Waals surface area contributed by atoms with Crippen LogP contribution in [0, 0.1) is 23.7 Å². The van der Waals surface area contributed by atoms with Crippen molar-refractivity contribution < 1.29 is 14.6 Å². The van der Waals surface area contributed by atoms with Crippen molar-refractivity contribution in [3.05, 3.63) is 0 Å². The minimum absolute atomic E-state index is 0.00574. The van der Waals surface area contributed by atoms with Crippen LogP contribution in [0.5, 0.6) is 0 Å². The van der Waals surface area contributed by atoms with Gasteiger partial charge in [0.2, 0.25) is 0 Å². The Morgan fingerprint density at radius 2 is 2.31 bits per heavy atom. The number of rotatable bonds is 1. The molecule has 0 unspecified atom stereocenters. The third-order valence-electron chi connectivity index (χ3n) is 3.90. The van der Waals surface area contributed by atoms with E-state index in [4.69, 9.17) is 4.74 Å². The number of carbonyl (C=O) groups excluding carboxylic acids is 1. The third-order valence-corrected chi connectivity index (χ3v) is 5.10. The number of aliphatic hydroxyl groups excluding tert-OH is 1. The number of hydrogen-bond donors (Lipinski definition) is 1. The van der Waals surface area contributed by atoms with E-state index in [0.717, 1.165) is 6.42 Å². The Balaban J connectivity index is 2.01. The van der Waals surface area contributed by atoms with E-state index < -0.39 is 0 Å². The first kappa shape index (κ1) is 8.24. The molecule has 4 heteroatoms. The maximum Gasteiger partial charge on any atom is 0.310 e. The minimum Gasteiger partial charge on any atom is -0.461 e. The van der Waals surface area contributed by atoms with Gasteiger partial charge in [-0.25, -0.2) is 0 Å². The first-order valence-corrected chi connectivity index (χ1v) is 5.61. The quantitative estimate of drug-likeness (QED) is 0.543. The summed E-state index contributed by atoms with van der Waals surface area (Å²) in [6.45, 7) is 0.121. The summed E-state index contributed by atoms with van der Waals surface area (Å²) < 4.78 is 5.29. The topological polar surface area (TPSA) is 46.5 Å². The number of carbonyl (C=O) groups is 1. The molecule has 3 rings (SSSR count). The second-order valence-corrected chi connectivity index (χ2v) is 5.34. The highest BCUT2D eigenvalue weighted by Crippen LogP contribution is 2.59. The van der Waals surface area contributed by atoms with Crippen molar-refractivity contribution >= 4 is 21.9 Å². The lowest BCUT2D eigenvalue weighted by molar-refractivity contribution is -0.144. The van der Waals surface area contributed by atoms with Gasteiger partial charge in [-0.3, -0.25) is 4.79 Å². The predicted molar refractivity (Wildman–Crippen MR) is 48.3 cm³/mol. The van der Waals surface area contributed by atoms with E-state index in [1.54, 1.807) is 0 Å². The molecule has 2 bridgehead atoms. The van der Waals surface area contributed by atoms with Crippen LogP contribution in [0.25, 0.3) is 0 Å². The number of halogens is 1. The first-order chi connectivity index (χ1) is 6.24. The highest BCUT2D eigenvalue weighted by Gasteiger charge is 2.65. The van der Waals surface area contributed by atoms with Crippen molar-refractivity contribution in [3.8, 4) is 0 Å². The van der Waals surface area contributed by atoms with E-state index in [-0.39, 0.29) is 35.3 Å². The zero-order valence-corrected chi connectivity index (χ0v) is 8.61. The predicted octanol–water partition coefficient (Wildman–Crippen LogP) is 0.550. The molecule has 3 nitrogen and oxygen atoms in total. The Bertz CT molecular complexity index is 268. The maximum atomic E-state index is 11.5. The number of alkyl halides is 1. The van der Waals surface area contributed by atoms with Gasteiger partial charge in [0.05, 0.1) is 10.7 Å². The van der Waals surface area contributed by atoms with Crippen LogP contribution in [0.15, 0.2) is 0 Å². The van der Waals surface area contributed by atoms with Gasteiger partial charge in [0.15, 0.2) is 0 Å². The lowest BCUT2D eigenvalue weighted by atomic mass is 9.80. The molecule has 3 fully saturated rings. The molecular weight excluding hydrogens is 236 g/mol.